The molecule has 1 saturated heterocycles. The van der Waals surface area contributed by atoms with Crippen LogP contribution in [0.25, 0.3) is 10.9 Å². The van der Waals surface area contributed by atoms with Crippen molar-refractivity contribution in [1.82, 2.24) is 20.1 Å². The number of pyridine rings is 1. The largest absolute Gasteiger partial charge is 0.478 e. The lowest BCUT2D eigenvalue weighted by atomic mass is 9.82. The molecule has 0 spiro atoms. The van der Waals surface area contributed by atoms with Gasteiger partial charge in [0.1, 0.15) is 0 Å². The van der Waals surface area contributed by atoms with Crippen molar-refractivity contribution in [3.05, 3.63) is 35.9 Å². The highest BCUT2D eigenvalue weighted by atomic mass is 16.5. The normalized spacial score (nSPS) is 22.4. The second-order valence-corrected chi connectivity index (χ2v) is 9.70. The van der Waals surface area contributed by atoms with E-state index in [1.807, 2.05) is 24.3 Å². The van der Waals surface area contributed by atoms with E-state index >= 15 is 0 Å². The molecule has 1 aliphatic heterocycles. The van der Waals surface area contributed by atoms with Gasteiger partial charge in [0.05, 0.1) is 17.7 Å². The van der Waals surface area contributed by atoms with Gasteiger partial charge in [0.25, 0.3) is 5.91 Å². The Hall–Kier alpha value is -2.22. The van der Waals surface area contributed by atoms with Crippen molar-refractivity contribution >= 4 is 16.8 Å². The second-order valence-electron chi connectivity index (χ2n) is 9.70. The molecule has 7 nitrogen and oxygen atoms in total. The summed E-state index contributed by atoms with van der Waals surface area (Å²) < 4.78 is 6.00. The van der Waals surface area contributed by atoms with Crippen LogP contribution in [0.4, 0.5) is 0 Å². The molecule has 4 rings (SSSR count). The van der Waals surface area contributed by atoms with Crippen molar-refractivity contribution in [3.63, 3.8) is 0 Å². The summed E-state index contributed by atoms with van der Waals surface area (Å²) in [6, 6.07) is 9.60. The fourth-order valence-corrected chi connectivity index (χ4v) is 4.95. The molecule has 180 valence electrons. The first-order valence-corrected chi connectivity index (χ1v) is 12.5. The van der Waals surface area contributed by atoms with Crippen molar-refractivity contribution in [3.8, 4) is 5.88 Å². The number of nitrogens with zero attached hydrogens (tertiary/aromatic N) is 3. The number of nitrogens with one attached hydrogen (secondary N) is 1. The zero-order valence-electron chi connectivity index (χ0n) is 20.0. The molecule has 1 saturated carbocycles. The third kappa shape index (κ3) is 6.65. The average molecular weight is 454 g/mol. The number of benzene rings is 1. The Bertz CT molecular complexity index is 905. The number of piperazine rings is 1. The van der Waals surface area contributed by atoms with Gasteiger partial charge in [-0.25, -0.2) is 4.98 Å². The molecule has 0 unspecified atom stereocenters. The molecule has 2 aliphatic rings. The Kier molecular flexibility index (Phi) is 8.53. The topological polar surface area (TPSA) is 83.7 Å². The third-order valence-corrected chi connectivity index (χ3v) is 7.25. The number of nitrogens with two attached hydrogens (primary N) is 1. The van der Waals surface area contributed by atoms with Gasteiger partial charge in [0.2, 0.25) is 5.88 Å². The summed E-state index contributed by atoms with van der Waals surface area (Å²) in [5.74, 6) is 1.67. The highest BCUT2D eigenvalue weighted by Gasteiger charge is 2.21. The maximum absolute atomic E-state index is 13.1. The van der Waals surface area contributed by atoms with Gasteiger partial charge in [-0.2, -0.15) is 0 Å². The van der Waals surface area contributed by atoms with Crippen molar-refractivity contribution < 1.29 is 9.53 Å². The molecule has 2 fully saturated rings. The number of carbonyl (C=O) groups excluding carboxylic acids is 1. The van der Waals surface area contributed by atoms with Crippen LogP contribution in [0.2, 0.25) is 0 Å². The van der Waals surface area contributed by atoms with Gasteiger partial charge in [-0.3, -0.25) is 4.79 Å². The van der Waals surface area contributed by atoms with E-state index < -0.39 is 0 Å². The van der Waals surface area contributed by atoms with E-state index in [1.165, 1.54) is 12.8 Å². The predicted octanol–water partition coefficient (Wildman–Crippen LogP) is 2.75. The number of carbonyl (C=O) groups is 1. The minimum Gasteiger partial charge on any atom is -0.478 e. The van der Waals surface area contributed by atoms with Crippen molar-refractivity contribution in [2.24, 2.45) is 17.6 Å². The van der Waals surface area contributed by atoms with Gasteiger partial charge in [0, 0.05) is 50.7 Å². The van der Waals surface area contributed by atoms with E-state index in [1.54, 1.807) is 6.07 Å². The fourth-order valence-electron chi connectivity index (χ4n) is 4.95. The number of aromatic nitrogens is 1. The van der Waals surface area contributed by atoms with Crippen molar-refractivity contribution in [2.75, 3.05) is 59.5 Å². The van der Waals surface area contributed by atoms with Crippen molar-refractivity contribution in [2.45, 2.75) is 32.1 Å². The molecule has 2 heterocycles. The van der Waals surface area contributed by atoms with Crippen LogP contribution in [0.5, 0.6) is 5.88 Å². The second kappa shape index (κ2) is 11.8. The summed E-state index contributed by atoms with van der Waals surface area (Å²) in [6.07, 6.45) is 5.57. The SMILES string of the molecule is CN1CCN(CCCOc2cc(C(=O)NC[C@H]3CC[C@H](CN)CC3)c3ccccc3n2)CC1. The van der Waals surface area contributed by atoms with Crippen molar-refractivity contribution in [1.29, 1.82) is 0 Å². The number of likely N-dealkylation sites (N-methyl/N-ethyl adjacent to an activating group) is 1. The molecular weight excluding hydrogens is 414 g/mol. The Morgan fingerprint density at radius 2 is 1.85 bits per heavy atom. The number of hydrogen-bond donors (Lipinski definition) is 2. The van der Waals surface area contributed by atoms with Crippen LogP contribution < -0.4 is 15.8 Å². The van der Waals surface area contributed by atoms with Gasteiger partial charge in [-0.15, -0.1) is 0 Å². The molecule has 0 bridgehead atoms. The molecule has 1 aliphatic carbocycles. The molecule has 7 heteroatoms. The Morgan fingerprint density at radius 1 is 1.12 bits per heavy atom. The summed E-state index contributed by atoms with van der Waals surface area (Å²) >= 11 is 0. The molecule has 1 aromatic heterocycles. The lowest BCUT2D eigenvalue weighted by Gasteiger charge is -2.32. The zero-order chi connectivity index (χ0) is 23.0. The minimum absolute atomic E-state index is 0.0446. The van der Waals surface area contributed by atoms with Crippen LogP contribution in [-0.4, -0.2) is 80.2 Å². The third-order valence-electron chi connectivity index (χ3n) is 7.25. The number of ether oxygens (including phenoxy) is 1. The van der Waals surface area contributed by atoms with E-state index in [4.69, 9.17) is 10.5 Å². The van der Waals surface area contributed by atoms with E-state index in [-0.39, 0.29) is 5.91 Å². The summed E-state index contributed by atoms with van der Waals surface area (Å²) in [7, 11) is 2.17. The average Bonchev–Trinajstić information content (AvgIpc) is 2.86. The number of hydrogen-bond acceptors (Lipinski definition) is 6. The maximum Gasteiger partial charge on any atom is 0.252 e. The van der Waals surface area contributed by atoms with Gasteiger partial charge in [-0.05, 0) is 63.6 Å². The minimum atomic E-state index is -0.0446. The molecule has 33 heavy (non-hydrogen) atoms. The number of rotatable bonds is 9. The van der Waals surface area contributed by atoms with Crippen LogP contribution in [0, 0.1) is 11.8 Å². The summed E-state index contributed by atoms with van der Waals surface area (Å²) in [5, 5.41) is 4.04. The van der Waals surface area contributed by atoms with E-state index in [0.29, 0.717) is 36.4 Å². The molecule has 1 aromatic carbocycles. The van der Waals surface area contributed by atoms with E-state index in [9.17, 15) is 4.79 Å². The van der Waals surface area contributed by atoms with Crippen LogP contribution in [0.1, 0.15) is 42.5 Å². The van der Waals surface area contributed by atoms with Crippen LogP contribution in [-0.2, 0) is 0 Å². The molecular formula is C26H39N5O2. The number of fused-ring (bicyclic) bond motifs is 1. The van der Waals surface area contributed by atoms with Gasteiger partial charge < -0.3 is 25.6 Å². The first-order chi connectivity index (χ1) is 16.1. The Labute approximate surface area is 197 Å². The van der Waals surface area contributed by atoms with Crippen LogP contribution in [0.3, 0.4) is 0 Å². The highest BCUT2D eigenvalue weighted by molar-refractivity contribution is 6.06. The predicted molar refractivity (Wildman–Crippen MR) is 133 cm³/mol. The number of amides is 1. The molecule has 3 N–H and O–H groups in total. The number of para-hydroxylation sites is 1. The summed E-state index contributed by atoms with van der Waals surface area (Å²) in [4.78, 5) is 22.6. The van der Waals surface area contributed by atoms with Crippen LogP contribution >= 0.6 is 0 Å². The summed E-state index contributed by atoms with van der Waals surface area (Å²) in [6.45, 7) is 7.60. The maximum atomic E-state index is 13.1. The summed E-state index contributed by atoms with van der Waals surface area (Å²) in [5.41, 5.74) is 7.25. The highest BCUT2D eigenvalue weighted by Crippen LogP contribution is 2.28. The first kappa shape index (κ1) is 23.9. The van der Waals surface area contributed by atoms with E-state index in [0.717, 1.165) is 69.4 Å². The lowest BCUT2D eigenvalue weighted by molar-refractivity contribution is 0.0942. The van der Waals surface area contributed by atoms with Gasteiger partial charge >= 0.3 is 0 Å². The smallest absolute Gasteiger partial charge is 0.252 e. The monoisotopic (exact) mass is 453 g/mol. The zero-order valence-corrected chi connectivity index (χ0v) is 20.0. The van der Waals surface area contributed by atoms with Gasteiger partial charge in [0.15, 0.2) is 0 Å². The van der Waals surface area contributed by atoms with Gasteiger partial charge in [-0.1, -0.05) is 18.2 Å². The molecule has 0 radical (unpaired) electrons. The standard InChI is InChI=1S/C26H39N5O2/c1-30-12-14-31(15-13-30)11-4-16-33-25-17-23(22-5-2-3-6-24(22)29-25)26(32)28-19-21-9-7-20(18-27)8-10-21/h2-3,5-6,17,20-21H,4,7-16,18-19,27H2,1H3,(H,28,32)/t20-,21-. The Balaban J connectivity index is 1.33. The molecule has 0 atom stereocenters. The Morgan fingerprint density at radius 3 is 2.61 bits per heavy atom. The van der Waals surface area contributed by atoms with Crippen LogP contribution in [0.15, 0.2) is 30.3 Å². The lowest BCUT2D eigenvalue weighted by Crippen LogP contribution is -2.44. The quantitative estimate of drug-likeness (QED) is 0.568. The molecule has 1 amide bonds. The first-order valence-electron chi connectivity index (χ1n) is 12.5. The molecule has 2 aromatic rings. The van der Waals surface area contributed by atoms with E-state index in [2.05, 4.69) is 27.1 Å². The fraction of sp³-hybridized carbons (Fsp3) is 0.615.